The molecule has 1 saturated heterocycles. The van der Waals surface area contributed by atoms with Gasteiger partial charge >= 0.3 is 5.97 Å². The van der Waals surface area contributed by atoms with E-state index in [-0.39, 0.29) is 12.3 Å². The van der Waals surface area contributed by atoms with Crippen LogP contribution in [0, 0.1) is 6.92 Å². The average molecular weight is 435 g/mol. The number of thioether (sulfide) groups is 1. The fraction of sp³-hybridized carbons (Fsp3) is 0.300. The fourth-order valence-electron chi connectivity index (χ4n) is 2.95. The number of amides is 1. The van der Waals surface area contributed by atoms with E-state index in [9.17, 15) is 9.59 Å². The molecule has 0 unspecified atom stereocenters. The number of carbonyl (C=O) groups is 2. The molecule has 1 amide bonds. The first-order valence-corrected chi connectivity index (χ1v) is 10.5. The van der Waals surface area contributed by atoms with Crippen LogP contribution in [0.3, 0.4) is 0 Å². The lowest BCUT2D eigenvalue weighted by atomic mass is 10.1. The molecule has 5 nitrogen and oxygen atoms in total. The third kappa shape index (κ3) is 4.90. The van der Waals surface area contributed by atoms with Crippen LogP contribution >= 0.6 is 35.6 Å². The number of hydrogen-bond acceptors (Lipinski definition) is 5. The van der Waals surface area contributed by atoms with Gasteiger partial charge in [-0.3, -0.25) is 14.5 Å². The molecule has 1 aromatic heterocycles. The number of aliphatic carboxylic acids is 1. The molecule has 0 spiro atoms. The third-order valence-corrected chi connectivity index (χ3v) is 6.06. The number of halogens is 1. The number of benzene rings is 1. The Balaban J connectivity index is 1.73. The van der Waals surface area contributed by atoms with E-state index in [2.05, 4.69) is 4.98 Å². The first-order valence-electron chi connectivity index (χ1n) is 8.89. The molecule has 0 radical (unpaired) electrons. The van der Waals surface area contributed by atoms with Crippen LogP contribution in [0.25, 0.3) is 17.0 Å². The number of carbonyl (C=O) groups excluding carboxylic acids is 1. The topological polar surface area (TPSA) is 70.5 Å². The molecule has 8 heteroatoms. The van der Waals surface area contributed by atoms with Gasteiger partial charge < -0.3 is 5.11 Å². The van der Waals surface area contributed by atoms with Crippen molar-refractivity contribution in [3.63, 3.8) is 0 Å². The van der Waals surface area contributed by atoms with Crippen molar-refractivity contribution in [2.75, 3.05) is 6.54 Å². The number of nitrogens with zero attached hydrogens (tertiary/aromatic N) is 2. The van der Waals surface area contributed by atoms with Crippen LogP contribution in [0.15, 0.2) is 29.2 Å². The number of unbranched alkanes of at least 4 members (excludes halogenated alkanes) is 2. The Bertz CT molecular complexity index is 991. The van der Waals surface area contributed by atoms with E-state index in [0.717, 1.165) is 22.9 Å². The highest BCUT2D eigenvalue weighted by Gasteiger charge is 2.31. The summed E-state index contributed by atoms with van der Waals surface area (Å²) in [4.78, 5) is 29.8. The maximum absolute atomic E-state index is 12.7. The standard InChI is InChI=1S/C20H19ClN2O3S2/c1-12-6-7-15-13(9-12)10-14(18(21)22-15)11-16-19(26)23(20(27)28-16)8-4-2-3-5-17(24)25/h6-7,9-11H,2-5,8H2,1H3,(H,24,25). The summed E-state index contributed by atoms with van der Waals surface area (Å²) in [6.45, 7) is 2.50. The number of fused-ring (bicyclic) bond motifs is 1. The number of carboxylic acid groups (broad SMARTS) is 1. The number of hydrogen-bond donors (Lipinski definition) is 1. The number of rotatable bonds is 7. The van der Waals surface area contributed by atoms with E-state index in [1.807, 2.05) is 31.2 Å². The van der Waals surface area contributed by atoms with Crippen LogP contribution in [0.1, 0.15) is 36.8 Å². The number of aryl methyl sites for hydroxylation is 1. The maximum atomic E-state index is 12.7. The molecule has 1 aliphatic rings. The summed E-state index contributed by atoms with van der Waals surface area (Å²) in [6, 6.07) is 7.85. The average Bonchev–Trinajstić information content (AvgIpc) is 2.89. The fourth-order valence-corrected chi connectivity index (χ4v) is 4.45. The van der Waals surface area contributed by atoms with E-state index in [1.54, 1.807) is 11.0 Å². The molecular formula is C20H19ClN2O3S2. The zero-order valence-electron chi connectivity index (χ0n) is 15.3. The molecule has 1 aliphatic heterocycles. The van der Waals surface area contributed by atoms with Gasteiger partial charge in [0.2, 0.25) is 0 Å². The molecular weight excluding hydrogens is 416 g/mol. The van der Waals surface area contributed by atoms with Crippen LogP contribution < -0.4 is 0 Å². The Morgan fingerprint density at radius 2 is 2.11 bits per heavy atom. The van der Waals surface area contributed by atoms with Crippen molar-refractivity contribution < 1.29 is 14.7 Å². The van der Waals surface area contributed by atoms with Gasteiger partial charge in [-0.05, 0) is 44.0 Å². The Morgan fingerprint density at radius 3 is 2.86 bits per heavy atom. The molecule has 146 valence electrons. The highest BCUT2D eigenvalue weighted by Crippen LogP contribution is 2.34. The number of carboxylic acids is 1. The van der Waals surface area contributed by atoms with Crippen LogP contribution in [-0.2, 0) is 9.59 Å². The first kappa shape index (κ1) is 20.8. The van der Waals surface area contributed by atoms with Gasteiger partial charge in [0, 0.05) is 23.9 Å². The molecule has 2 heterocycles. The third-order valence-electron chi connectivity index (χ3n) is 4.38. The van der Waals surface area contributed by atoms with E-state index in [0.29, 0.717) is 39.3 Å². The normalized spacial score (nSPS) is 15.8. The largest absolute Gasteiger partial charge is 0.481 e. The van der Waals surface area contributed by atoms with Gasteiger partial charge in [-0.1, -0.05) is 53.6 Å². The molecule has 0 saturated carbocycles. The molecule has 28 heavy (non-hydrogen) atoms. The second-order valence-corrected chi connectivity index (χ2v) is 8.64. The Labute approximate surface area is 177 Å². The number of aromatic nitrogens is 1. The van der Waals surface area contributed by atoms with Crippen LogP contribution in [0.2, 0.25) is 5.15 Å². The molecule has 3 rings (SSSR count). The van der Waals surface area contributed by atoms with Gasteiger partial charge in [-0.2, -0.15) is 0 Å². The quantitative estimate of drug-likeness (QED) is 0.285. The van der Waals surface area contributed by atoms with E-state index in [1.165, 1.54) is 11.8 Å². The van der Waals surface area contributed by atoms with Gasteiger partial charge in [-0.25, -0.2) is 4.98 Å². The predicted molar refractivity (Wildman–Crippen MR) is 117 cm³/mol. The first-order chi connectivity index (χ1) is 13.3. The van der Waals surface area contributed by atoms with Gasteiger partial charge in [0.05, 0.1) is 10.4 Å². The molecule has 2 aromatic rings. The van der Waals surface area contributed by atoms with Gasteiger partial charge in [0.15, 0.2) is 0 Å². The zero-order chi connectivity index (χ0) is 20.3. The minimum absolute atomic E-state index is 0.144. The lowest BCUT2D eigenvalue weighted by molar-refractivity contribution is -0.137. The van der Waals surface area contributed by atoms with E-state index >= 15 is 0 Å². The van der Waals surface area contributed by atoms with Crippen molar-refractivity contribution >= 4 is 68.8 Å². The molecule has 0 atom stereocenters. The molecule has 1 aromatic carbocycles. The van der Waals surface area contributed by atoms with Crippen molar-refractivity contribution in [2.45, 2.75) is 32.6 Å². The summed E-state index contributed by atoms with van der Waals surface area (Å²) in [7, 11) is 0. The minimum atomic E-state index is -0.801. The summed E-state index contributed by atoms with van der Waals surface area (Å²) in [5, 5.41) is 9.98. The summed E-state index contributed by atoms with van der Waals surface area (Å²) in [6.07, 6.45) is 3.93. The lowest BCUT2D eigenvalue weighted by Crippen LogP contribution is -2.29. The summed E-state index contributed by atoms with van der Waals surface area (Å²) >= 11 is 12.9. The summed E-state index contributed by atoms with van der Waals surface area (Å²) < 4.78 is 0.509. The zero-order valence-corrected chi connectivity index (χ0v) is 17.7. The van der Waals surface area contributed by atoms with Crippen molar-refractivity contribution in [1.29, 1.82) is 0 Å². The monoisotopic (exact) mass is 434 g/mol. The Morgan fingerprint density at radius 1 is 1.32 bits per heavy atom. The van der Waals surface area contributed by atoms with Crippen LogP contribution in [0.4, 0.5) is 0 Å². The number of pyridine rings is 1. The van der Waals surface area contributed by atoms with Gasteiger partial charge in [-0.15, -0.1) is 0 Å². The second-order valence-electron chi connectivity index (χ2n) is 6.60. The van der Waals surface area contributed by atoms with E-state index < -0.39 is 5.97 Å². The predicted octanol–water partition coefficient (Wildman–Crippen LogP) is 5.04. The highest BCUT2D eigenvalue weighted by molar-refractivity contribution is 8.26. The van der Waals surface area contributed by atoms with Crippen LogP contribution in [-0.4, -0.2) is 37.7 Å². The van der Waals surface area contributed by atoms with Gasteiger partial charge in [0.1, 0.15) is 9.47 Å². The highest BCUT2D eigenvalue weighted by atomic mass is 35.5. The second kappa shape index (κ2) is 9.03. The maximum Gasteiger partial charge on any atom is 0.303 e. The smallest absolute Gasteiger partial charge is 0.303 e. The Kier molecular flexibility index (Phi) is 6.69. The number of thiocarbonyl (C=S) groups is 1. The van der Waals surface area contributed by atoms with Gasteiger partial charge in [0.25, 0.3) is 5.91 Å². The minimum Gasteiger partial charge on any atom is -0.481 e. The van der Waals surface area contributed by atoms with Crippen LogP contribution in [0.5, 0.6) is 0 Å². The van der Waals surface area contributed by atoms with Crippen molar-refractivity contribution in [1.82, 2.24) is 9.88 Å². The van der Waals surface area contributed by atoms with Crippen molar-refractivity contribution in [3.8, 4) is 0 Å². The molecule has 0 bridgehead atoms. The van der Waals surface area contributed by atoms with Crippen molar-refractivity contribution in [3.05, 3.63) is 45.5 Å². The SMILES string of the molecule is Cc1ccc2nc(Cl)c(C=C3SC(=S)N(CCCCCC(=O)O)C3=O)cc2c1. The molecule has 1 N–H and O–H groups in total. The molecule has 1 fully saturated rings. The summed E-state index contributed by atoms with van der Waals surface area (Å²) in [5.41, 5.74) is 2.61. The van der Waals surface area contributed by atoms with Crippen molar-refractivity contribution in [2.24, 2.45) is 0 Å². The van der Waals surface area contributed by atoms with E-state index in [4.69, 9.17) is 28.9 Å². The Hall–Kier alpha value is -1.96. The molecule has 0 aliphatic carbocycles. The lowest BCUT2D eigenvalue weighted by Gasteiger charge is -2.13. The summed E-state index contributed by atoms with van der Waals surface area (Å²) in [5.74, 6) is -0.946.